The van der Waals surface area contributed by atoms with Crippen molar-refractivity contribution >= 4 is 23.9 Å². The number of hydrogen-bond acceptors (Lipinski definition) is 4. The van der Waals surface area contributed by atoms with Crippen molar-refractivity contribution in [3.8, 4) is 5.75 Å². The number of benzene rings is 2. The van der Waals surface area contributed by atoms with E-state index in [-0.39, 0.29) is 11.7 Å². The summed E-state index contributed by atoms with van der Waals surface area (Å²) in [7, 11) is 0. The van der Waals surface area contributed by atoms with E-state index >= 15 is 0 Å². The molecule has 0 fully saturated rings. The number of nitrogens with one attached hydrogen (secondary N) is 1. The first-order valence-electron chi connectivity index (χ1n) is 6.89. The Morgan fingerprint density at radius 3 is 2.73 bits per heavy atom. The van der Waals surface area contributed by atoms with E-state index in [4.69, 9.17) is 0 Å². The highest BCUT2D eigenvalue weighted by Gasteiger charge is 2.02. The Balaban J connectivity index is 1.75. The van der Waals surface area contributed by atoms with Gasteiger partial charge in [-0.05, 0) is 30.2 Å². The van der Waals surface area contributed by atoms with E-state index in [2.05, 4.69) is 29.6 Å². The lowest BCUT2D eigenvalue weighted by Crippen LogP contribution is -2.19. The van der Waals surface area contributed by atoms with Crippen LogP contribution in [0, 0.1) is 6.92 Å². The molecule has 2 aromatic carbocycles. The third-order valence-corrected chi connectivity index (χ3v) is 4.06. The Labute approximate surface area is 134 Å². The summed E-state index contributed by atoms with van der Waals surface area (Å²) in [4.78, 5) is 11.7. The van der Waals surface area contributed by atoms with Gasteiger partial charge in [-0.1, -0.05) is 36.4 Å². The zero-order chi connectivity index (χ0) is 15.8. The summed E-state index contributed by atoms with van der Waals surface area (Å²) in [5, 5.41) is 13.4. The maximum absolute atomic E-state index is 11.7. The fraction of sp³-hybridized carbons (Fsp3) is 0.176. The van der Waals surface area contributed by atoms with Gasteiger partial charge in [0.1, 0.15) is 5.75 Å². The van der Waals surface area contributed by atoms with Crippen molar-refractivity contribution < 1.29 is 9.90 Å². The van der Waals surface area contributed by atoms with Crippen molar-refractivity contribution in [3.05, 3.63) is 65.2 Å². The maximum atomic E-state index is 11.7. The third-order valence-electron chi connectivity index (χ3n) is 3.08. The fourth-order valence-electron chi connectivity index (χ4n) is 1.83. The number of amides is 1. The van der Waals surface area contributed by atoms with Gasteiger partial charge in [-0.3, -0.25) is 4.79 Å². The lowest BCUT2D eigenvalue weighted by molar-refractivity contribution is -0.118. The second kappa shape index (κ2) is 8.24. The highest BCUT2D eigenvalue weighted by Crippen LogP contribution is 2.15. The van der Waals surface area contributed by atoms with Crippen LogP contribution >= 0.6 is 11.8 Å². The molecule has 4 nitrogen and oxygen atoms in total. The average molecular weight is 314 g/mol. The van der Waals surface area contributed by atoms with Crippen molar-refractivity contribution in [2.75, 3.05) is 5.75 Å². The molecule has 114 valence electrons. The van der Waals surface area contributed by atoms with Gasteiger partial charge in [0.15, 0.2) is 0 Å². The molecule has 0 radical (unpaired) electrons. The lowest BCUT2D eigenvalue weighted by atomic mass is 10.1. The quantitative estimate of drug-likeness (QED) is 0.636. The number of hydrogen-bond donors (Lipinski definition) is 2. The van der Waals surface area contributed by atoms with E-state index < -0.39 is 0 Å². The van der Waals surface area contributed by atoms with Crippen LogP contribution in [0.5, 0.6) is 5.75 Å². The Kier molecular flexibility index (Phi) is 6.03. The normalized spacial score (nSPS) is 10.8. The van der Waals surface area contributed by atoms with E-state index in [1.807, 2.05) is 12.1 Å². The molecule has 0 saturated heterocycles. The zero-order valence-electron chi connectivity index (χ0n) is 12.3. The smallest absolute Gasteiger partial charge is 0.250 e. The molecule has 0 aromatic heterocycles. The number of carbonyl (C=O) groups excluding carboxylic acids is 1. The molecule has 22 heavy (non-hydrogen) atoms. The largest absolute Gasteiger partial charge is 0.507 e. The summed E-state index contributed by atoms with van der Waals surface area (Å²) in [6, 6.07) is 14.9. The molecular weight excluding hydrogens is 296 g/mol. The van der Waals surface area contributed by atoms with E-state index in [0.717, 1.165) is 5.75 Å². The van der Waals surface area contributed by atoms with Gasteiger partial charge in [-0.15, -0.1) is 11.8 Å². The van der Waals surface area contributed by atoms with Gasteiger partial charge in [-0.2, -0.15) is 5.10 Å². The number of aryl methyl sites for hydroxylation is 1. The van der Waals surface area contributed by atoms with E-state index in [0.29, 0.717) is 11.3 Å². The number of rotatable bonds is 6. The van der Waals surface area contributed by atoms with E-state index in [1.165, 1.54) is 17.3 Å². The molecule has 0 bridgehead atoms. The molecule has 2 N–H and O–H groups in total. The first-order chi connectivity index (χ1) is 10.7. The zero-order valence-corrected chi connectivity index (χ0v) is 13.1. The van der Waals surface area contributed by atoms with Crippen molar-refractivity contribution in [1.29, 1.82) is 0 Å². The van der Waals surface area contributed by atoms with E-state index in [9.17, 15) is 9.90 Å². The van der Waals surface area contributed by atoms with Crippen molar-refractivity contribution in [2.45, 2.75) is 12.7 Å². The summed E-state index contributed by atoms with van der Waals surface area (Å²) >= 11 is 1.54. The molecule has 2 aromatic rings. The third kappa shape index (κ3) is 4.93. The highest BCUT2D eigenvalue weighted by molar-refractivity contribution is 7.99. The Morgan fingerprint density at radius 1 is 1.23 bits per heavy atom. The number of aromatic hydroxyl groups is 1. The van der Waals surface area contributed by atoms with Crippen LogP contribution < -0.4 is 5.43 Å². The minimum Gasteiger partial charge on any atom is -0.507 e. The first kappa shape index (κ1) is 16.1. The average Bonchev–Trinajstić information content (AvgIpc) is 2.51. The van der Waals surface area contributed by atoms with Crippen LogP contribution in [0.15, 0.2) is 53.6 Å². The molecule has 5 heteroatoms. The summed E-state index contributed by atoms with van der Waals surface area (Å²) in [5.41, 5.74) is 5.49. The Morgan fingerprint density at radius 2 is 1.95 bits per heavy atom. The molecule has 0 aliphatic heterocycles. The SMILES string of the molecule is Cc1ccccc1CSCC(=O)N/N=C\c1ccccc1O. The summed E-state index contributed by atoms with van der Waals surface area (Å²) in [5.74, 6) is 1.11. The summed E-state index contributed by atoms with van der Waals surface area (Å²) in [6.45, 7) is 2.06. The number of phenolic OH excluding ortho intramolecular Hbond substituents is 1. The van der Waals surface area contributed by atoms with Gasteiger partial charge in [-0.25, -0.2) is 5.43 Å². The Hall–Kier alpha value is -2.27. The van der Waals surface area contributed by atoms with Crippen molar-refractivity contribution in [3.63, 3.8) is 0 Å². The molecule has 1 amide bonds. The van der Waals surface area contributed by atoms with Gasteiger partial charge in [0, 0.05) is 11.3 Å². The van der Waals surface area contributed by atoms with Crippen LogP contribution in [0.3, 0.4) is 0 Å². The van der Waals surface area contributed by atoms with Crippen molar-refractivity contribution in [2.24, 2.45) is 5.10 Å². The molecule has 0 aliphatic rings. The number of hydrazone groups is 1. The monoisotopic (exact) mass is 314 g/mol. The van der Waals surface area contributed by atoms with Gasteiger partial charge in [0.25, 0.3) is 0 Å². The maximum Gasteiger partial charge on any atom is 0.250 e. The fourth-order valence-corrected chi connectivity index (χ4v) is 2.72. The predicted molar refractivity (Wildman–Crippen MR) is 91.2 cm³/mol. The minimum atomic E-state index is -0.162. The predicted octanol–water partition coefficient (Wildman–Crippen LogP) is 3.08. The van der Waals surface area contributed by atoms with Crippen LogP contribution in [0.25, 0.3) is 0 Å². The minimum absolute atomic E-state index is 0.134. The van der Waals surface area contributed by atoms with Gasteiger partial charge >= 0.3 is 0 Å². The lowest BCUT2D eigenvalue weighted by Gasteiger charge is -2.04. The summed E-state index contributed by atoms with van der Waals surface area (Å²) < 4.78 is 0. The van der Waals surface area contributed by atoms with Crippen LogP contribution in [0.2, 0.25) is 0 Å². The highest BCUT2D eigenvalue weighted by atomic mass is 32.2. The number of nitrogens with zero attached hydrogens (tertiary/aromatic N) is 1. The van der Waals surface area contributed by atoms with Crippen LogP contribution in [0.4, 0.5) is 0 Å². The van der Waals surface area contributed by atoms with Crippen LogP contribution in [-0.2, 0) is 10.5 Å². The molecule has 0 unspecified atom stereocenters. The number of phenols is 1. The summed E-state index contributed by atoms with van der Waals surface area (Å²) in [6.07, 6.45) is 1.43. The molecule has 0 heterocycles. The number of para-hydroxylation sites is 1. The topological polar surface area (TPSA) is 61.7 Å². The van der Waals surface area contributed by atoms with Crippen LogP contribution in [0.1, 0.15) is 16.7 Å². The molecular formula is C17H18N2O2S. The van der Waals surface area contributed by atoms with Gasteiger partial charge in [0.05, 0.1) is 12.0 Å². The molecule has 2 rings (SSSR count). The Bertz CT molecular complexity index is 671. The van der Waals surface area contributed by atoms with Gasteiger partial charge < -0.3 is 5.11 Å². The number of carbonyl (C=O) groups is 1. The molecule has 0 spiro atoms. The molecule has 0 atom stereocenters. The number of thioether (sulfide) groups is 1. The second-order valence-electron chi connectivity index (χ2n) is 4.77. The molecule has 0 saturated carbocycles. The second-order valence-corrected chi connectivity index (χ2v) is 5.76. The standard InChI is InChI=1S/C17H18N2O2S/c1-13-6-2-3-8-15(13)11-22-12-17(21)19-18-10-14-7-4-5-9-16(14)20/h2-10,20H,11-12H2,1H3,(H,19,21)/b18-10-. The molecule has 0 aliphatic carbocycles. The van der Waals surface area contributed by atoms with Crippen molar-refractivity contribution in [1.82, 2.24) is 5.43 Å². The van der Waals surface area contributed by atoms with Crippen LogP contribution in [-0.4, -0.2) is 23.0 Å². The van der Waals surface area contributed by atoms with Gasteiger partial charge in [0.2, 0.25) is 5.91 Å². The van der Waals surface area contributed by atoms with E-state index in [1.54, 1.807) is 36.0 Å². The first-order valence-corrected chi connectivity index (χ1v) is 8.04.